The number of phenols is 1. The highest BCUT2D eigenvalue weighted by Gasteiger charge is 2.14. The highest BCUT2D eigenvalue weighted by molar-refractivity contribution is 7.09. The topological polar surface area (TPSA) is 89.4 Å². The van der Waals surface area contributed by atoms with Crippen LogP contribution in [0.1, 0.15) is 16.3 Å². The highest BCUT2D eigenvalue weighted by atomic mass is 32.1. The van der Waals surface area contributed by atoms with Crippen LogP contribution in [-0.4, -0.2) is 27.2 Å². The lowest BCUT2D eigenvalue weighted by Crippen LogP contribution is -2.01. The number of methoxy groups -OCH3 is 1. The first-order chi connectivity index (χ1) is 14.4. The van der Waals surface area contributed by atoms with Gasteiger partial charge in [-0.2, -0.15) is 0 Å². The molecule has 0 saturated carbocycles. The van der Waals surface area contributed by atoms with Crippen molar-refractivity contribution >= 4 is 33.7 Å². The van der Waals surface area contributed by atoms with Gasteiger partial charge in [-0.3, -0.25) is 0 Å². The molecule has 2 heterocycles. The van der Waals surface area contributed by atoms with Crippen LogP contribution in [-0.2, 0) is 6.61 Å². The molecule has 0 spiro atoms. The number of nitrogens with one attached hydrogen (secondary N) is 1. The number of phenolic OH excluding ortho intramolecular Hbond substituents is 1. The molecule has 0 atom stereocenters. The summed E-state index contributed by atoms with van der Waals surface area (Å²) in [7, 11) is 1.54. The van der Waals surface area contributed by atoms with Crippen molar-refractivity contribution in [2.24, 2.45) is 0 Å². The predicted octanol–water partition coefficient (Wildman–Crippen LogP) is 4.88. The third-order valence-electron chi connectivity index (χ3n) is 4.50. The van der Waals surface area contributed by atoms with Crippen molar-refractivity contribution in [3.63, 3.8) is 0 Å². The van der Waals surface area contributed by atoms with E-state index < -0.39 is 5.82 Å². The van der Waals surface area contributed by atoms with Crippen LogP contribution >= 0.6 is 11.3 Å². The monoisotopic (exact) mass is 426 g/mol. The van der Waals surface area contributed by atoms with Crippen molar-refractivity contribution in [3.05, 3.63) is 58.1 Å². The number of ether oxygens (including phenoxy) is 2. The van der Waals surface area contributed by atoms with Crippen molar-refractivity contribution in [1.82, 2.24) is 15.0 Å². The van der Waals surface area contributed by atoms with Crippen LogP contribution in [0.2, 0.25) is 0 Å². The van der Waals surface area contributed by atoms with Gasteiger partial charge in [0.1, 0.15) is 30.3 Å². The van der Waals surface area contributed by atoms with E-state index in [-0.39, 0.29) is 11.4 Å². The van der Waals surface area contributed by atoms with Crippen molar-refractivity contribution in [2.45, 2.75) is 20.5 Å². The van der Waals surface area contributed by atoms with Crippen LogP contribution in [0, 0.1) is 19.7 Å². The number of hydrogen-bond acceptors (Lipinski definition) is 8. The van der Waals surface area contributed by atoms with Crippen LogP contribution in [0.3, 0.4) is 0 Å². The fraction of sp³-hybridized carbons (Fsp3) is 0.190. The summed E-state index contributed by atoms with van der Waals surface area (Å²) in [4.78, 5) is 12.9. The molecule has 2 aromatic carbocycles. The summed E-state index contributed by atoms with van der Waals surface area (Å²) in [6, 6.07) is 6.05. The lowest BCUT2D eigenvalue weighted by molar-refractivity contribution is 0.282. The number of thiazole rings is 1. The molecule has 2 N–H and O–H groups in total. The fourth-order valence-electron chi connectivity index (χ4n) is 2.95. The van der Waals surface area contributed by atoms with E-state index in [0.29, 0.717) is 40.4 Å². The van der Waals surface area contributed by atoms with Crippen LogP contribution in [0.15, 0.2) is 36.0 Å². The highest BCUT2D eigenvalue weighted by Crippen LogP contribution is 2.36. The van der Waals surface area contributed by atoms with Gasteiger partial charge in [0.15, 0.2) is 11.5 Å². The lowest BCUT2D eigenvalue weighted by atomic mass is 10.1. The van der Waals surface area contributed by atoms with E-state index in [2.05, 4.69) is 20.3 Å². The zero-order valence-electron chi connectivity index (χ0n) is 16.6. The Bertz CT molecular complexity index is 1230. The molecule has 7 nitrogen and oxygen atoms in total. The summed E-state index contributed by atoms with van der Waals surface area (Å²) in [6.45, 7) is 3.87. The van der Waals surface area contributed by atoms with Crippen molar-refractivity contribution in [2.75, 3.05) is 12.4 Å². The average Bonchev–Trinajstić information content (AvgIpc) is 3.15. The number of aromatic nitrogens is 3. The standard InChI is InChI=1S/C21H19FN4O3S/c1-11-4-15(22)17(6-18(11)27)26-21-14-5-19(28-3)20(7-16(14)23-10-24-21)29-8-13-9-30-12(2)25-13/h4-7,9-10,27H,8H2,1-3H3,(H,23,24,26). The van der Waals surface area contributed by atoms with Gasteiger partial charge in [-0.1, -0.05) is 0 Å². The zero-order valence-corrected chi connectivity index (χ0v) is 17.4. The maximum Gasteiger partial charge on any atom is 0.163 e. The maximum atomic E-state index is 14.3. The van der Waals surface area contributed by atoms with Crippen LogP contribution in [0.25, 0.3) is 10.9 Å². The van der Waals surface area contributed by atoms with E-state index in [1.807, 2.05) is 12.3 Å². The first-order valence-electron chi connectivity index (χ1n) is 9.07. The SMILES string of the molecule is COc1cc2c(Nc3cc(O)c(C)cc3F)ncnc2cc1OCc1csc(C)n1. The number of hydrogen-bond donors (Lipinski definition) is 2. The number of rotatable bonds is 6. The minimum Gasteiger partial charge on any atom is -0.508 e. The average molecular weight is 426 g/mol. The van der Waals surface area contributed by atoms with Crippen LogP contribution in [0.5, 0.6) is 17.2 Å². The third-order valence-corrected chi connectivity index (χ3v) is 5.32. The second-order valence-corrected chi connectivity index (χ2v) is 7.69. The van der Waals surface area contributed by atoms with Gasteiger partial charge in [0.25, 0.3) is 0 Å². The van der Waals surface area contributed by atoms with E-state index in [0.717, 1.165) is 10.7 Å². The molecule has 0 aliphatic heterocycles. The number of aryl methyl sites for hydroxylation is 2. The maximum absolute atomic E-state index is 14.3. The van der Waals surface area contributed by atoms with E-state index >= 15 is 0 Å². The Morgan fingerprint density at radius 1 is 1.13 bits per heavy atom. The summed E-state index contributed by atoms with van der Waals surface area (Å²) < 4.78 is 25.7. The van der Waals surface area contributed by atoms with Crippen molar-refractivity contribution in [1.29, 1.82) is 0 Å². The van der Waals surface area contributed by atoms with Gasteiger partial charge in [0, 0.05) is 22.9 Å². The Balaban J connectivity index is 1.68. The molecule has 9 heteroatoms. The van der Waals surface area contributed by atoms with Gasteiger partial charge >= 0.3 is 0 Å². The summed E-state index contributed by atoms with van der Waals surface area (Å²) in [5, 5.41) is 16.4. The minimum absolute atomic E-state index is 0.0113. The zero-order chi connectivity index (χ0) is 21.3. The Labute approximate surface area is 176 Å². The molecule has 2 aromatic heterocycles. The summed E-state index contributed by atoms with van der Waals surface area (Å²) >= 11 is 1.56. The Morgan fingerprint density at radius 2 is 1.97 bits per heavy atom. The molecule has 154 valence electrons. The molecule has 30 heavy (non-hydrogen) atoms. The van der Waals surface area contributed by atoms with Gasteiger partial charge < -0.3 is 19.9 Å². The van der Waals surface area contributed by atoms with E-state index in [1.165, 1.54) is 25.6 Å². The largest absolute Gasteiger partial charge is 0.508 e. The molecular weight excluding hydrogens is 407 g/mol. The molecule has 0 fully saturated rings. The number of fused-ring (bicyclic) bond motifs is 1. The van der Waals surface area contributed by atoms with E-state index in [4.69, 9.17) is 9.47 Å². The minimum atomic E-state index is -0.498. The molecule has 0 aliphatic carbocycles. The smallest absolute Gasteiger partial charge is 0.163 e. The number of benzene rings is 2. The van der Waals surface area contributed by atoms with Crippen LogP contribution in [0.4, 0.5) is 15.9 Å². The van der Waals surface area contributed by atoms with Crippen molar-refractivity contribution < 1.29 is 19.0 Å². The summed E-state index contributed by atoms with van der Waals surface area (Å²) in [5.74, 6) is 0.867. The molecule has 0 bridgehead atoms. The summed E-state index contributed by atoms with van der Waals surface area (Å²) in [5.41, 5.74) is 1.98. The number of anilines is 2. The van der Waals surface area contributed by atoms with Gasteiger partial charge in [-0.25, -0.2) is 19.3 Å². The Hall–Kier alpha value is -3.46. The van der Waals surface area contributed by atoms with Crippen LogP contribution < -0.4 is 14.8 Å². The quantitative estimate of drug-likeness (QED) is 0.454. The van der Waals surface area contributed by atoms with E-state index in [9.17, 15) is 9.50 Å². The second-order valence-electron chi connectivity index (χ2n) is 6.63. The second kappa shape index (κ2) is 8.11. The van der Waals surface area contributed by atoms with Crippen molar-refractivity contribution in [3.8, 4) is 17.2 Å². The first kappa shape index (κ1) is 19.8. The molecule has 0 radical (unpaired) electrons. The molecule has 4 rings (SSSR count). The Morgan fingerprint density at radius 3 is 2.70 bits per heavy atom. The molecule has 0 saturated heterocycles. The lowest BCUT2D eigenvalue weighted by Gasteiger charge is -2.14. The van der Waals surface area contributed by atoms with Gasteiger partial charge in [0.2, 0.25) is 0 Å². The molecule has 0 unspecified atom stereocenters. The number of nitrogens with zero attached hydrogens (tertiary/aromatic N) is 3. The summed E-state index contributed by atoms with van der Waals surface area (Å²) in [6.07, 6.45) is 1.37. The number of halogens is 1. The van der Waals surface area contributed by atoms with Gasteiger partial charge in [0.05, 0.1) is 29.0 Å². The molecule has 4 aromatic rings. The van der Waals surface area contributed by atoms with E-state index in [1.54, 1.807) is 30.4 Å². The molecular formula is C21H19FN4O3S. The fourth-order valence-corrected chi connectivity index (χ4v) is 3.54. The first-order valence-corrected chi connectivity index (χ1v) is 9.95. The third kappa shape index (κ3) is 3.97. The molecule has 0 amide bonds. The Kier molecular flexibility index (Phi) is 5.37. The number of aromatic hydroxyl groups is 1. The molecule has 0 aliphatic rings. The normalized spacial score (nSPS) is 10.9. The van der Waals surface area contributed by atoms with Gasteiger partial charge in [-0.05, 0) is 31.5 Å². The van der Waals surface area contributed by atoms with Gasteiger partial charge in [-0.15, -0.1) is 11.3 Å². The predicted molar refractivity (Wildman–Crippen MR) is 113 cm³/mol.